The molecule has 129 heavy (non-hydrogen) atoms. The maximum Gasteiger partial charge on any atom is 0.458 e. The molecule has 8 aromatic carbocycles. The summed E-state index contributed by atoms with van der Waals surface area (Å²) in [5, 5.41) is 59.5. The maximum atomic E-state index is 12.3. The first-order chi connectivity index (χ1) is 60.6. The number of aromatic nitrogens is 8. The summed E-state index contributed by atoms with van der Waals surface area (Å²) in [6.07, 6.45) is 6.77. The van der Waals surface area contributed by atoms with Gasteiger partial charge in [-0.1, -0.05) is 108 Å². The van der Waals surface area contributed by atoms with E-state index in [4.69, 9.17) is 46.1 Å². The number of allylic oxidation sites excluding steroid dienone is 2. The number of hydrogen-bond donors (Lipinski definition) is 4. The molecular formula is C93H99N16O17P3. The topological polar surface area (TPSA) is 463 Å². The molecule has 2 unspecified atom stereocenters. The van der Waals surface area contributed by atoms with E-state index in [0.717, 1.165) is 72.5 Å². The van der Waals surface area contributed by atoms with Crippen LogP contribution in [0.3, 0.4) is 0 Å². The van der Waals surface area contributed by atoms with Crippen LogP contribution >= 0.6 is 22.9 Å². The van der Waals surface area contributed by atoms with Crippen molar-refractivity contribution >= 4 is 46.0 Å². The largest absolute Gasteiger partial charge is 0.490 e. The number of ether oxygens (including phenoxy) is 4. The molecule has 16 rings (SSSR count). The Bertz CT molecular complexity index is 6370. The van der Waals surface area contributed by atoms with Crippen molar-refractivity contribution in [2.24, 2.45) is 0 Å². The molecule has 4 aliphatic carbocycles. The Morgan fingerprint density at radius 1 is 0.395 bits per heavy atom. The lowest BCUT2D eigenvalue weighted by Gasteiger charge is -2.22. The lowest BCUT2D eigenvalue weighted by molar-refractivity contribution is 0.0986. The Kier molecular flexibility index (Phi) is 32.0. The number of hydrogen-bond acceptors (Lipinski definition) is 27. The van der Waals surface area contributed by atoms with Gasteiger partial charge in [0.15, 0.2) is 11.6 Å². The number of ketones is 2. The average Bonchev–Trinajstić information content (AvgIpc) is 1.64. The van der Waals surface area contributed by atoms with E-state index in [0.29, 0.717) is 158 Å². The van der Waals surface area contributed by atoms with Gasteiger partial charge in [0.1, 0.15) is 58.8 Å². The third kappa shape index (κ3) is 23.0. The van der Waals surface area contributed by atoms with Crippen molar-refractivity contribution in [1.29, 1.82) is 21.0 Å². The fourth-order valence-corrected chi connectivity index (χ4v) is 16.0. The molecule has 4 aromatic heterocycles. The van der Waals surface area contributed by atoms with E-state index in [1.54, 1.807) is 130 Å². The Morgan fingerprint density at radius 3 is 0.915 bits per heavy atom. The smallest absolute Gasteiger partial charge is 0.458 e. The molecule has 0 saturated heterocycles. The summed E-state index contributed by atoms with van der Waals surface area (Å²) < 4.78 is 93.0. The second-order valence-electron chi connectivity index (χ2n) is 30.6. The second kappa shape index (κ2) is 42.3. The standard InChI is InChI=1S/C23H23N4O5P.C22H20N3O5P.2C21H17N3O3.C4H14N3OP.2CH4/c1-14(2)30-20-10-8-15(12-16(20)13-24)23-25-22(26-31-23)19-7-5-6-18-17(19)9-11-21(18)32-33(28,29)27(3)4;1-13(2)28-19-9-7-14(11-15(19)12-23)22-24-21(25-29-22)18-6-4-5-17-16(18)8-10-20(17)30-31(3,26)27;2*1-12(2)26-19-9-6-13(10-14(19)11-22)21-23-20(24-27-21)17-5-3-4-16-15(17)7-8-18(16)25;1-5-9(8,6-2)7(3)4;;/h5-8,10-12,14H,9H2,1-4H3,(H,28,29);4-7,9-11,13H,8H2,1-3H3,(H,26,27);2*3-6,9-10,12H,7-8H2,1-2H3;1-4H3,(H2,5,6,8);2*1H4. The molecular weight excluding hydrogens is 1710 g/mol. The van der Waals surface area contributed by atoms with Crippen LogP contribution in [0.15, 0.2) is 176 Å². The van der Waals surface area contributed by atoms with Gasteiger partial charge in [0.25, 0.3) is 31.2 Å². The van der Waals surface area contributed by atoms with Gasteiger partial charge < -0.3 is 55.9 Å². The van der Waals surface area contributed by atoms with Crippen LogP contribution in [0.5, 0.6) is 23.0 Å². The van der Waals surface area contributed by atoms with Crippen molar-refractivity contribution in [2.75, 3.05) is 49.0 Å². The van der Waals surface area contributed by atoms with E-state index >= 15 is 0 Å². The molecule has 0 spiro atoms. The highest BCUT2D eigenvalue weighted by atomic mass is 31.2. The van der Waals surface area contributed by atoms with E-state index in [2.05, 4.69) is 75.0 Å². The van der Waals surface area contributed by atoms with Gasteiger partial charge in [-0.05, 0) is 231 Å². The van der Waals surface area contributed by atoms with Crippen LogP contribution in [-0.2, 0) is 48.4 Å². The quantitative estimate of drug-likeness (QED) is 0.0408. The van der Waals surface area contributed by atoms with Crippen molar-refractivity contribution in [3.63, 3.8) is 0 Å². The third-order valence-electron chi connectivity index (χ3n) is 19.7. The molecule has 12 aromatic rings. The molecule has 4 N–H and O–H groups in total. The molecule has 36 heteroatoms. The zero-order chi connectivity index (χ0) is 91.3. The maximum absolute atomic E-state index is 12.3. The molecule has 0 radical (unpaired) electrons. The van der Waals surface area contributed by atoms with Gasteiger partial charge in [-0.25, -0.2) is 28.6 Å². The summed E-state index contributed by atoms with van der Waals surface area (Å²) >= 11 is 0. The third-order valence-corrected chi connectivity index (χ3v) is 24.0. The van der Waals surface area contributed by atoms with E-state index in [1.807, 2.05) is 116 Å². The van der Waals surface area contributed by atoms with Crippen molar-refractivity contribution in [1.82, 2.24) is 60.1 Å². The van der Waals surface area contributed by atoms with Gasteiger partial charge in [0.05, 0.1) is 46.7 Å². The van der Waals surface area contributed by atoms with E-state index in [9.17, 15) is 54.1 Å². The number of nitrogens with zero attached hydrogens (tertiary/aromatic N) is 14. The normalized spacial score (nSPS) is 13.5. The van der Waals surface area contributed by atoms with Crippen LogP contribution in [-0.4, -0.2) is 145 Å². The van der Waals surface area contributed by atoms with Crippen LogP contribution in [0.2, 0.25) is 0 Å². The number of nitrogens with one attached hydrogen (secondary N) is 2. The predicted molar refractivity (Wildman–Crippen MR) is 486 cm³/mol. The summed E-state index contributed by atoms with van der Waals surface area (Å²) in [6, 6.07) is 51.3. The number of fused-ring (bicyclic) bond motifs is 4. The average molecular weight is 1810 g/mol. The lowest BCUT2D eigenvalue weighted by Crippen LogP contribution is -2.26. The first-order valence-corrected chi connectivity index (χ1v) is 45.4. The minimum Gasteiger partial charge on any atom is -0.490 e. The highest BCUT2D eigenvalue weighted by Gasteiger charge is 2.33. The Hall–Kier alpha value is -13.7. The molecule has 4 heterocycles. The zero-order valence-electron chi connectivity index (χ0n) is 72.2. The lowest BCUT2D eigenvalue weighted by atomic mass is 10.0. The molecule has 668 valence electrons. The van der Waals surface area contributed by atoms with E-state index in [-0.39, 0.29) is 62.6 Å². The highest BCUT2D eigenvalue weighted by Crippen LogP contribution is 2.51. The predicted octanol–water partition coefficient (Wildman–Crippen LogP) is 19.2. The molecule has 0 saturated carbocycles. The summed E-state index contributed by atoms with van der Waals surface area (Å²) in [6.45, 7) is 16.3. The van der Waals surface area contributed by atoms with Crippen molar-refractivity contribution in [3.05, 3.63) is 225 Å². The van der Waals surface area contributed by atoms with Gasteiger partial charge in [0.2, 0.25) is 23.3 Å². The van der Waals surface area contributed by atoms with Gasteiger partial charge in [0, 0.05) is 86.3 Å². The van der Waals surface area contributed by atoms with Gasteiger partial charge in [-0.15, -0.1) is 0 Å². The van der Waals surface area contributed by atoms with Crippen molar-refractivity contribution < 1.29 is 79.2 Å². The molecule has 2 atom stereocenters. The summed E-state index contributed by atoms with van der Waals surface area (Å²) in [5.41, 5.74) is 13.8. The zero-order valence-corrected chi connectivity index (χ0v) is 74.9. The van der Waals surface area contributed by atoms with Gasteiger partial charge in [-0.3, -0.25) is 14.2 Å². The molecule has 0 fully saturated rings. The van der Waals surface area contributed by atoms with Crippen molar-refractivity contribution in [2.45, 2.75) is 133 Å². The first kappa shape index (κ1) is 97.5. The number of Topliss-reactive ketones (excluding diaryl/α,β-unsaturated/α-hetero) is 2. The highest BCUT2D eigenvalue weighted by molar-refractivity contribution is 7.57. The minimum absolute atomic E-state index is 0. The van der Waals surface area contributed by atoms with Crippen LogP contribution in [0.25, 0.3) is 103 Å². The Balaban J connectivity index is 0.000000173. The van der Waals surface area contributed by atoms with Crippen molar-refractivity contribution in [3.8, 4) is 139 Å². The monoisotopic (exact) mass is 1800 g/mol. The van der Waals surface area contributed by atoms with Gasteiger partial charge >= 0.3 is 15.3 Å². The van der Waals surface area contributed by atoms with Crippen LogP contribution < -0.4 is 29.1 Å². The Labute approximate surface area is 747 Å². The van der Waals surface area contributed by atoms with Crippen LogP contribution in [0.1, 0.15) is 159 Å². The number of carbonyl (C=O) groups is 2. The molecule has 0 amide bonds. The number of benzene rings is 8. The minimum atomic E-state index is -3.93. The van der Waals surface area contributed by atoms with Crippen LogP contribution in [0.4, 0.5) is 0 Å². The summed E-state index contributed by atoms with van der Waals surface area (Å²) in [5.74, 6) is 5.87. The Morgan fingerprint density at radius 2 is 0.667 bits per heavy atom. The van der Waals surface area contributed by atoms with Crippen LogP contribution in [0, 0.1) is 45.3 Å². The molecule has 0 bridgehead atoms. The van der Waals surface area contributed by atoms with Gasteiger partial charge in [-0.2, -0.15) is 41.0 Å². The first-order valence-electron chi connectivity index (χ1n) is 40.2. The summed E-state index contributed by atoms with van der Waals surface area (Å²) in [7, 11) is -0.221. The fraction of sp³-hybridized carbons (Fsp3) is 0.290. The molecule has 0 aliphatic heterocycles. The number of carbonyl (C=O) groups excluding carboxylic acids is 2. The SMILES string of the molecule is C.C.CC(C)Oc1ccc(-c2nc(-c3cccc4c3CC=C4OP(=O)(O)N(C)C)no2)cc1C#N.CC(C)Oc1ccc(-c2nc(-c3cccc4c3CC=C4OP(C)(=O)O)no2)cc1C#N.CC(C)Oc1ccc(-c2nc(-c3cccc4c3CCC4=O)no2)cc1C#N.CC(C)Oc1ccc(-c2nc(-c3cccc4c3CCC4=O)no2)cc1C#N.CNP(=O)(NC)N(C)C. The second-order valence-corrected chi connectivity index (χ2v) is 37.2. The molecule has 33 nitrogen and oxygen atoms in total. The number of nitriles is 4. The summed E-state index contributed by atoms with van der Waals surface area (Å²) in [4.78, 5) is 61.5. The number of rotatable bonds is 24. The van der Waals surface area contributed by atoms with E-state index in [1.165, 1.54) is 14.1 Å². The molecule has 4 aliphatic rings. The fourth-order valence-electron chi connectivity index (χ4n) is 13.8. The van der Waals surface area contributed by atoms with E-state index < -0.39 is 22.9 Å².